The van der Waals surface area contributed by atoms with Crippen molar-refractivity contribution in [1.29, 1.82) is 0 Å². The average molecular weight is 569 g/mol. The monoisotopic (exact) mass is 568 g/mol. The van der Waals surface area contributed by atoms with Crippen LogP contribution in [-0.2, 0) is 11.0 Å². The number of hydrogen-bond donors (Lipinski definition) is 1. The minimum absolute atomic E-state index is 0.0402. The second-order valence-electron chi connectivity index (χ2n) is 11.5. The van der Waals surface area contributed by atoms with Gasteiger partial charge in [-0.05, 0) is 55.6 Å². The quantitative estimate of drug-likeness (QED) is 0.345. The first-order valence-electron chi connectivity index (χ1n) is 13.0. The summed E-state index contributed by atoms with van der Waals surface area (Å²) in [6.07, 6.45) is 2.75. The molecule has 0 amide bonds. The summed E-state index contributed by atoms with van der Waals surface area (Å²) in [6, 6.07) is -0.496. The number of rotatable bonds is 7. The summed E-state index contributed by atoms with van der Waals surface area (Å²) in [5, 5.41) is 14.2. The molecule has 2 heterocycles. The molecular formula is C29H40ClF3N4O2. The van der Waals surface area contributed by atoms with E-state index in [2.05, 4.69) is 23.2 Å². The number of aryl methyl sites for hydroxylation is 1. The van der Waals surface area contributed by atoms with E-state index in [0.29, 0.717) is 32.4 Å². The molecular weight excluding hydrogens is 529 g/mol. The second kappa shape index (κ2) is 13.0. The Morgan fingerprint density at radius 2 is 1.87 bits per heavy atom. The van der Waals surface area contributed by atoms with Crippen molar-refractivity contribution in [2.24, 2.45) is 17.3 Å². The van der Waals surface area contributed by atoms with Gasteiger partial charge in [-0.2, -0.15) is 18.3 Å². The van der Waals surface area contributed by atoms with Crippen molar-refractivity contribution < 1.29 is 23.1 Å². The molecule has 39 heavy (non-hydrogen) atoms. The number of aromatic nitrogens is 3. The van der Waals surface area contributed by atoms with Gasteiger partial charge in [0.1, 0.15) is 0 Å². The first-order valence-corrected chi connectivity index (χ1v) is 13.3. The molecule has 0 radical (unpaired) electrons. The number of carboxylic acids is 1. The lowest BCUT2D eigenvalue weighted by Gasteiger charge is -2.34. The molecule has 10 heteroatoms. The molecule has 1 fully saturated rings. The molecule has 0 bridgehead atoms. The molecule has 0 spiro atoms. The van der Waals surface area contributed by atoms with Crippen LogP contribution in [0.15, 0.2) is 37.8 Å². The standard InChI is InChI=1S/C22H32F3N3O2.C7H8ClN/c1-7-10-27(13-21(4,5)6)15(3)18-12-26-28(19(18)22(23,24)25)16-8-9-17(20(29)30)14(2)11-16;1-5-3-9-4-7(8)6(5)2/h7,12,14,16-17H,1,3,8-11,13H2,2,4-6H3,(H,29,30);3-4H,1-2H3/t14?,16?,17-;/m1./s1. The highest BCUT2D eigenvalue weighted by molar-refractivity contribution is 6.31. The molecule has 3 atom stereocenters. The van der Waals surface area contributed by atoms with E-state index in [-0.39, 0.29) is 22.6 Å². The van der Waals surface area contributed by atoms with E-state index < -0.39 is 29.8 Å². The van der Waals surface area contributed by atoms with E-state index in [4.69, 9.17) is 11.6 Å². The highest BCUT2D eigenvalue weighted by Gasteiger charge is 2.43. The van der Waals surface area contributed by atoms with Gasteiger partial charge in [0.25, 0.3) is 0 Å². The maximum Gasteiger partial charge on any atom is 0.433 e. The fourth-order valence-corrected chi connectivity index (χ4v) is 5.06. The van der Waals surface area contributed by atoms with Crippen molar-refractivity contribution in [2.75, 3.05) is 13.1 Å². The Kier molecular flexibility index (Phi) is 10.8. The summed E-state index contributed by atoms with van der Waals surface area (Å²) < 4.78 is 43.4. The van der Waals surface area contributed by atoms with Gasteiger partial charge in [0.15, 0.2) is 5.69 Å². The van der Waals surface area contributed by atoms with Crippen molar-refractivity contribution in [3.8, 4) is 0 Å². The number of halogens is 4. The first-order chi connectivity index (χ1) is 18.0. The van der Waals surface area contributed by atoms with Crippen LogP contribution in [0.1, 0.15) is 75.4 Å². The summed E-state index contributed by atoms with van der Waals surface area (Å²) in [6.45, 7) is 20.3. The lowest BCUT2D eigenvalue weighted by atomic mass is 9.78. The van der Waals surface area contributed by atoms with Crippen LogP contribution >= 0.6 is 11.6 Å². The third-order valence-electron chi connectivity index (χ3n) is 6.98. The third kappa shape index (κ3) is 8.59. The van der Waals surface area contributed by atoms with Gasteiger partial charge in [-0.25, -0.2) is 0 Å². The van der Waals surface area contributed by atoms with Crippen LogP contribution in [0.4, 0.5) is 13.2 Å². The van der Waals surface area contributed by atoms with Gasteiger partial charge in [0, 0.05) is 36.7 Å². The Morgan fingerprint density at radius 1 is 1.23 bits per heavy atom. The average Bonchev–Trinajstić information content (AvgIpc) is 3.27. The van der Waals surface area contributed by atoms with Crippen LogP contribution in [0.3, 0.4) is 0 Å². The van der Waals surface area contributed by atoms with Crippen molar-refractivity contribution in [2.45, 2.75) is 73.0 Å². The second-order valence-corrected chi connectivity index (χ2v) is 11.9. The van der Waals surface area contributed by atoms with Gasteiger partial charge in [-0.3, -0.25) is 14.5 Å². The zero-order valence-electron chi connectivity index (χ0n) is 23.6. The fraction of sp³-hybridized carbons (Fsp3) is 0.552. The molecule has 0 aliphatic heterocycles. The molecule has 3 rings (SSSR count). The van der Waals surface area contributed by atoms with Crippen LogP contribution in [-0.4, -0.2) is 43.8 Å². The van der Waals surface area contributed by atoms with E-state index in [0.717, 1.165) is 20.8 Å². The van der Waals surface area contributed by atoms with Crippen LogP contribution in [0, 0.1) is 31.1 Å². The Balaban J connectivity index is 0.000000499. The molecule has 1 aliphatic rings. The Hall–Kier alpha value is -2.81. The van der Waals surface area contributed by atoms with Crippen molar-refractivity contribution in [1.82, 2.24) is 19.7 Å². The highest BCUT2D eigenvalue weighted by Crippen LogP contribution is 2.42. The van der Waals surface area contributed by atoms with E-state index >= 15 is 0 Å². The molecule has 6 nitrogen and oxygen atoms in total. The van der Waals surface area contributed by atoms with Crippen LogP contribution in [0.25, 0.3) is 5.70 Å². The fourth-order valence-electron chi connectivity index (χ4n) is 4.86. The number of pyridine rings is 1. The molecule has 0 saturated heterocycles. The predicted octanol–water partition coefficient (Wildman–Crippen LogP) is 7.82. The number of hydrogen-bond acceptors (Lipinski definition) is 4. The van der Waals surface area contributed by atoms with E-state index in [1.54, 1.807) is 30.3 Å². The normalized spacial score (nSPS) is 19.6. The topological polar surface area (TPSA) is 71.2 Å². The van der Waals surface area contributed by atoms with Gasteiger partial charge in [-0.1, -0.05) is 52.0 Å². The lowest BCUT2D eigenvalue weighted by Crippen LogP contribution is -2.33. The summed E-state index contributed by atoms with van der Waals surface area (Å²) in [7, 11) is 0. The van der Waals surface area contributed by atoms with Crippen LogP contribution in [0.5, 0.6) is 0 Å². The summed E-state index contributed by atoms with van der Waals surface area (Å²) >= 11 is 5.75. The van der Waals surface area contributed by atoms with E-state index in [1.807, 2.05) is 34.6 Å². The van der Waals surface area contributed by atoms with Gasteiger partial charge >= 0.3 is 12.1 Å². The molecule has 1 aliphatic carbocycles. The summed E-state index contributed by atoms with van der Waals surface area (Å²) in [5.74, 6) is -1.65. The zero-order chi connectivity index (χ0) is 29.7. The maximum absolute atomic E-state index is 14.1. The molecule has 1 N–H and O–H groups in total. The molecule has 2 aromatic heterocycles. The molecule has 1 saturated carbocycles. The maximum atomic E-state index is 14.1. The number of alkyl halides is 3. The number of nitrogens with zero attached hydrogens (tertiary/aromatic N) is 4. The lowest BCUT2D eigenvalue weighted by molar-refractivity contribution is -0.148. The Labute approximate surface area is 234 Å². The highest BCUT2D eigenvalue weighted by atomic mass is 35.5. The summed E-state index contributed by atoms with van der Waals surface area (Å²) in [5.41, 5.74) is 1.51. The van der Waals surface area contributed by atoms with Crippen molar-refractivity contribution >= 4 is 23.3 Å². The minimum atomic E-state index is -4.61. The molecule has 2 unspecified atom stereocenters. The molecule has 2 aromatic rings. The predicted molar refractivity (Wildman–Crippen MR) is 149 cm³/mol. The summed E-state index contributed by atoms with van der Waals surface area (Å²) in [4.78, 5) is 17.0. The van der Waals surface area contributed by atoms with Crippen LogP contribution < -0.4 is 0 Å². The zero-order valence-corrected chi connectivity index (χ0v) is 24.4. The smallest absolute Gasteiger partial charge is 0.433 e. The first kappa shape index (κ1) is 32.4. The molecule has 216 valence electrons. The van der Waals surface area contributed by atoms with Crippen LogP contribution in [0.2, 0.25) is 5.02 Å². The number of carbonyl (C=O) groups is 1. The third-order valence-corrected chi connectivity index (χ3v) is 7.36. The van der Waals surface area contributed by atoms with Crippen molar-refractivity contribution in [3.63, 3.8) is 0 Å². The minimum Gasteiger partial charge on any atom is -0.481 e. The Bertz CT molecular complexity index is 1150. The largest absolute Gasteiger partial charge is 0.481 e. The van der Waals surface area contributed by atoms with E-state index in [9.17, 15) is 23.1 Å². The van der Waals surface area contributed by atoms with E-state index in [1.165, 1.54) is 6.20 Å². The number of aliphatic carboxylic acids is 1. The number of carboxylic acid groups (broad SMARTS) is 1. The Morgan fingerprint density at radius 3 is 2.33 bits per heavy atom. The van der Waals surface area contributed by atoms with Gasteiger partial charge < -0.3 is 10.0 Å². The van der Waals surface area contributed by atoms with Gasteiger partial charge in [-0.15, -0.1) is 6.58 Å². The van der Waals surface area contributed by atoms with Crippen molar-refractivity contribution in [3.05, 3.63) is 65.2 Å². The van der Waals surface area contributed by atoms with Gasteiger partial charge in [0.05, 0.1) is 23.2 Å². The van der Waals surface area contributed by atoms with Gasteiger partial charge in [0.2, 0.25) is 0 Å². The SMILES string of the molecule is C=CCN(CC(C)(C)C)C(=C)c1cnn(C2CC[C@@H](C(=O)O)C(C)C2)c1C(F)(F)F.Cc1cncc(Cl)c1C. The molecule has 0 aromatic carbocycles.